The van der Waals surface area contributed by atoms with Crippen LogP contribution in [0.4, 0.5) is 0 Å². The fraction of sp³-hybridized carbons (Fsp3) is 0.294. The van der Waals surface area contributed by atoms with E-state index < -0.39 is 0 Å². The SMILES string of the molecule is Cc1nc2ccccn2c1C(=O)NCc1cc(C2CC2)ncn1. The van der Waals surface area contributed by atoms with Crippen LogP contribution >= 0.6 is 0 Å². The molecule has 0 radical (unpaired) electrons. The molecule has 6 heteroatoms. The van der Waals surface area contributed by atoms with E-state index >= 15 is 0 Å². The van der Waals surface area contributed by atoms with Gasteiger partial charge in [-0.2, -0.15) is 0 Å². The van der Waals surface area contributed by atoms with Gasteiger partial charge < -0.3 is 5.32 Å². The van der Waals surface area contributed by atoms with Gasteiger partial charge in [0.1, 0.15) is 17.7 Å². The fourth-order valence-corrected chi connectivity index (χ4v) is 2.76. The summed E-state index contributed by atoms with van der Waals surface area (Å²) in [6.07, 6.45) is 5.82. The van der Waals surface area contributed by atoms with Crippen LogP contribution < -0.4 is 5.32 Å². The molecule has 3 heterocycles. The van der Waals surface area contributed by atoms with Gasteiger partial charge in [0, 0.05) is 17.8 Å². The average molecular weight is 307 g/mol. The Morgan fingerprint density at radius 2 is 2.22 bits per heavy atom. The lowest BCUT2D eigenvalue weighted by Crippen LogP contribution is -2.25. The number of amides is 1. The second-order valence-electron chi connectivity index (χ2n) is 5.87. The lowest BCUT2D eigenvalue weighted by molar-refractivity contribution is 0.0944. The monoisotopic (exact) mass is 307 g/mol. The number of hydrogen-bond donors (Lipinski definition) is 1. The third kappa shape index (κ3) is 2.67. The van der Waals surface area contributed by atoms with E-state index in [0.29, 0.717) is 18.2 Å². The molecule has 1 fully saturated rings. The molecule has 3 aromatic rings. The van der Waals surface area contributed by atoms with Gasteiger partial charge in [-0.3, -0.25) is 9.20 Å². The van der Waals surface area contributed by atoms with Crippen LogP contribution in [0.5, 0.6) is 0 Å². The van der Waals surface area contributed by atoms with E-state index in [-0.39, 0.29) is 5.91 Å². The topological polar surface area (TPSA) is 72.2 Å². The first-order valence-corrected chi connectivity index (χ1v) is 7.75. The Morgan fingerprint density at radius 1 is 1.35 bits per heavy atom. The van der Waals surface area contributed by atoms with Crippen molar-refractivity contribution in [3.05, 3.63) is 59.6 Å². The molecule has 1 aliphatic rings. The Labute approximate surface area is 133 Å². The van der Waals surface area contributed by atoms with Crippen molar-refractivity contribution in [3.8, 4) is 0 Å². The van der Waals surface area contributed by atoms with Gasteiger partial charge in [0.05, 0.1) is 17.9 Å². The third-order valence-corrected chi connectivity index (χ3v) is 4.09. The minimum absolute atomic E-state index is 0.146. The van der Waals surface area contributed by atoms with Crippen molar-refractivity contribution in [2.75, 3.05) is 0 Å². The molecule has 0 unspecified atom stereocenters. The number of nitrogens with one attached hydrogen (secondary N) is 1. The second-order valence-corrected chi connectivity index (χ2v) is 5.87. The number of pyridine rings is 1. The lowest BCUT2D eigenvalue weighted by Gasteiger charge is -2.06. The number of hydrogen-bond acceptors (Lipinski definition) is 4. The Morgan fingerprint density at radius 3 is 3.04 bits per heavy atom. The maximum Gasteiger partial charge on any atom is 0.270 e. The van der Waals surface area contributed by atoms with Crippen LogP contribution in [-0.2, 0) is 6.54 Å². The molecular formula is C17H17N5O. The van der Waals surface area contributed by atoms with Gasteiger partial charge in [0.2, 0.25) is 0 Å². The Kier molecular flexibility index (Phi) is 3.29. The maximum atomic E-state index is 12.5. The second kappa shape index (κ2) is 5.46. The predicted octanol–water partition coefficient (Wildman–Crippen LogP) is 2.24. The first kappa shape index (κ1) is 13.9. The van der Waals surface area contributed by atoms with E-state index in [1.54, 1.807) is 10.7 Å². The number of carbonyl (C=O) groups excluding carboxylic acids is 1. The summed E-state index contributed by atoms with van der Waals surface area (Å²) in [6, 6.07) is 7.66. The molecular weight excluding hydrogens is 290 g/mol. The molecule has 116 valence electrons. The molecule has 0 saturated heterocycles. The minimum Gasteiger partial charge on any atom is -0.345 e. The van der Waals surface area contributed by atoms with E-state index in [4.69, 9.17) is 0 Å². The van der Waals surface area contributed by atoms with Crippen LogP contribution in [0.1, 0.15) is 46.3 Å². The highest BCUT2D eigenvalue weighted by atomic mass is 16.1. The van der Waals surface area contributed by atoms with Crippen LogP contribution in [0.3, 0.4) is 0 Å². The normalized spacial score (nSPS) is 14.1. The zero-order valence-electron chi connectivity index (χ0n) is 12.9. The number of carbonyl (C=O) groups is 1. The molecule has 0 bridgehead atoms. The molecule has 1 saturated carbocycles. The van der Waals surface area contributed by atoms with Crippen molar-refractivity contribution in [1.29, 1.82) is 0 Å². The first-order valence-electron chi connectivity index (χ1n) is 7.75. The number of imidazole rings is 1. The van der Waals surface area contributed by atoms with Crippen LogP contribution in [-0.4, -0.2) is 25.3 Å². The lowest BCUT2D eigenvalue weighted by atomic mass is 10.2. The highest BCUT2D eigenvalue weighted by Crippen LogP contribution is 2.38. The maximum absolute atomic E-state index is 12.5. The molecule has 23 heavy (non-hydrogen) atoms. The number of rotatable bonds is 4. The predicted molar refractivity (Wildman–Crippen MR) is 85.1 cm³/mol. The van der Waals surface area contributed by atoms with Crippen molar-refractivity contribution >= 4 is 11.6 Å². The summed E-state index contributed by atoms with van der Waals surface area (Å²) < 4.78 is 1.81. The molecule has 1 aliphatic carbocycles. The zero-order valence-corrected chi connectivity index (χ0v) is 12.9. The van der Waals surface area contributed by atoms with E-state index in [1.165, 1.54) is 12.8 Å². The number of nitrogens with zero attached hydrogens (tertiary/aromatic N) is 4. The van der Waals surface area contributed by atoms with Gasteiger partial charge in [-0.1, -0.05) is 6.07 Å². The highest BCUT2D eigenvalue weighted by Gasteiger charge is 2.25. The largest absolute Gasteiger partial charge is 0.345 e. The molecule has 0 aliphatic heterocycles. The van der Waals surface area contributed by atoms with Gasteiger partial charge in [-0.05, 0) is 38.0 Å². The van der Waals surface area contributed by atoms with Crippen molar-refractivity contribution < 1.29 is 4.79 Å². The molecule has 3 aromatic heterocycles. The summed E-state index contributed by atoms with van der Waals surface area (Å²) in [5.41, 5.74) is 3.97. The summed E-state index contributed by atoms with van der Waals surface area (Å²) in [6.45, 7) is 2.23. The summed E-state index contributed by atoms with van der Waals surface area (Å²) in [5.74, 6) is 0.432. The van der Waals surface area contributed by atoms with Gasteiger partial charge >= 0.3 is 0 Å². The summed E-state index contributed by atoms with van der Waals surface area (Å²) >= 11 is 0. The van der Waals surface area contributed by atoms with Crippen molar-refractivity contribution in [2.24, 2.45) is 0 Å². The van der Waals surface area contributed by atoms with E-state index in [2.05, 4.69) is 20.3 Å². The molecule has 0 atom stereocenters. The van der Waals surface area contributed by atoms with Crippen LogP contribution in [0.2, 0.25) is 0 Å². The third-order valence-electron chi connectivity index (χ3n) is 4.09. The average Bonchev–Trinajstić information content (AvgIpc) is 3.35. The molecule has 6 nitrogen and oxygen atoms in total. The molecule has 1 N–H and O–H groups in total. The summed E-state index contributed by atoms with van der Waals surface area (Å²) in [4.78, 5) is 25.5. The smallest absolute Gasteiger partial charge is 0.270 e. The van der Waals surface area contributed by atoms with E-state index in [1.807, 2.05) is 37.4 Å². The van der Waals surface area contributed by atoms with Gasteiger partial charge in [0.15, 0.2) is 0 Å². The Bertz CT molecular complexity index is 882. The number of aromatic nitrogens is 4. The Balaban J connectivity index is 1.53. The zero-order chi connectivity index (χ0) is 15.8. The van der Waals surface area contributed by atoms with Crippen LogP contribution in [0.15, 0.2) is 36.8 Å². The number of fused-ring (bicyclic) bond motifs is 1. The molecule has 1 amide bonds. The standard InChI is InChI=1S/C17H17N5O/c1-11-16(22-7-3-2-4-15(22)21-11)17(23)18-9-13-8-14(12-5-6-12)20-10-19-13/h2-4,7-8,10,12H,5-6,9H2,1H3,(H,18,23). The van der Waals surface area contributed by atoms with Crippen molar-refractivity contribution in [3.63, 3.8) is 0 Å². The van der Waals surface area contributed by atoms with Crippen molar-refractivity contribution in [2.45, 2.75) is 32.2 Å². The van der Waals surface area contributed by atoms with Crippen molar-refractivity contribution in [1.82, 2.24) is 24.7 Å². The van der Waals surface area contributed by atoms with Gasteiger partial charge in [0.25, 0.3) is 5.91 Å². The molecule has 0 aromatic carbocycles. The molecule has 4 rings (SSSR count). The highest BCUT2D eigenvalue weighted by molar-refractivity contribution is 5.94. The van der Waals surface area contributed by atoms with Crippen LogP contribution in [0.25, 0.3) is 5.65 Å². The van der Waals surface area contributed by atoms with E-state index in [9.17, 15) is 4.79 Å². The summed E-state index contributed by atoms with van der Waals surface area (Å²) in [5, 5.41) is 2.93. The summed E-state index contributed by atoms with van der Waals surface area (Å²) in [7, 11) is 0. The minimum atomic E-state index is -0.146. The Hall–Kier alpha value is -2.76. The first-order chi connectivity index (χ1) is 11.2. The van der Waals surface area contributed by atoms with E-state index in [0.717, 1.165) is 22.7 Å². The number of aryl methyl sites for hydroxylation is 1. The van der Waals surface area contributed by atoms with Gasteiger partial charge in [-0.25, -0.2) is 15.0 Å². The van der Waals surface area contributed by atoms with Gasteiger partial charge in [-0.15, -0.1) is 0 Å². The van der Waals surface area contributed by atoms with Crippen LogP contribution in [0, 0.1) is 6.92 Å². The quantitative estimate of drug-likeness (QED) is 0.802. The molecule has 0 spiro atoms. The fourth-order valence-electron chi connectivity index (χ4n) is 2.76.